The number of aromatic nitrogens is 4. The lowest BCUT2D eigenvalue weighted by Crippen LogP contribution is -2.15. The first-order valence-electron chi connectivity index (χ1n) is 10.2. The highest BCUT2D eigenvalue weighted by atomic mass is 32.2. The molecule has 0 aliphatic heterocycles. The number of imidazole rings is 1. The molecule has 0 atom stereocenters. The number of para-hydroxylation sites is 2. The van der Waals surface area contributed by atoms with Gasteiger partial charge in [-0.1, -0.05) is 35.4 Å². The molecule has 0 unspecified atom stereocenters. The third-order valence-electron chi connectivity index (χ3n) is 5.15. The van der Waals surface area contributed by atoms with Gasteiger partial charge in [0.1, 0.15) is 16.5 Å². The third kappa shape index (κ3) is 4.17. The minimum atomic E-state index is -4.31. The molecule has 5 rings (SSSR count). The zero-order valence-corrected chi connectivity index (χ0v) is 18.9. The Labute approximate surface area is 198 Å². The Kier molecular flexibility index (Phi) is 5.41. The lowest BCUT2D eigenvalue weighted by molar-refractivity contribution is 0.0696. The molecule has 5 aromatic rings. The van der Waals surface area contributed by atoms with Crippen LogP contribution in [0.25, 0.3) is 33.9 Å². The number of rotatable bonds is 7. The van der Waals surface area contributed by atoms with Crippen LogP contribution in [0.15, 0.2) is 76.0 Å². The molecule has 0 amide bonds. The van der Waals surface area contributed by atoms with Crippen molar-refractivity contribution in [3.8, 4) is 28.6 Å². The predicted molar refractivity (Wildman–Crippen MR) is 126 cm³/mol. The van der Waals surface area contributed by atoms with Crippen LogP contribution in [0.5, 0.6) is 5.75 Å². The number of methoxy groups -OCH3 is 1. The van der Waals surface area contributed by atoms with E-state index in [1.54, 1.807) is 12.1 Å². The SMILES string of the molecule is COc1ccc(C(=O)O)cc1S(=O)(=O)Nc1nnc(-c2ccccc2-c2nc3ccccc3[nH]2)o1. The van der Waals surface area contributed by atoms with Gasteiger partial charge in [-0.3, -0.25) is 0 Å². The Morgan fingerprint density at radius 1 is 1.03 bits per heavy atom. The van der Waals surface area contributed by atoms with Crippen LogP contribution in [0.1, 0.15) is 10.4 Å². The minimum absolute atomic E-state index is 0.0440. The molecule has 3 N–H and O–H groups in total. The monoisotopic (exact) mass is 491 g/mol. The quantitative estimate of drug-likeness (QED) is 0.308. The maximum Gasteiger partial charge on any atom is 0.335 e. The van der Waals surface area contributed by atoms with Gasteiger partial charge in [-0.2, -0.15) is 0 Å². The van der Waals surface area contributed by atoms with E-state index in [4.69, 9.17) is 9.15 Å². The van der Waals surface area contributed by atoms with Gasteiger partial charge in [-0.25, -0.2) is 22.9 Å². The molecule has 0 bridgehead atoms. The fourth-order valence-electron chi connectivity index (χ4n) is 3.52. The van der Waals surface area contributed by atoms with Crippen molar-refractivity contribution in [1.82, 2.24) is 20.2 Å². The van der Waals surface area contributed by atoms with Gasteiger partial charge in [0.15, 0.2) is 0 Å². The number of nitrogens with zero attached hydrogens (tertiary/aromatic N) is 3. The molecule has 0 aliphatic carbocycles. The molecule has 0 fully saturated rings. The van der Waals surface area contributed by atoms with Gasteiger partial charge in [0.25, 0.3) is 15.9 Å². The van der Waals surface area contributed by atoms with Gasteiger partial charge in [0, 0.05) is 11.1 Å². The summed E-state index contributed by atoms with van der Waals surface area (Å²) in [5.41, 5.74) is 2.63. The molecule has 11 nitrogen and oxygen atoms in total. The number of fused-ring (bicyclic) bond motifs is 1. The Hall–Kier alpha value is -4.71. The van der Waals surface area contributed by atoms with E-state index in [0.717, 1.165) is 17.1 Å². The van der Waals surface area contributed by atoms with E-state index in [-0.39, 0.29) is 22.1 Å². The summed E-state index contributed by atoms with van der Waals surface area (Å²) in [5, 5.41) is 17.0. The van der Waals surface area contributed by atoms with E-state index < -0.39 is 22.0 Å². The summed E-state index contributed by atoms with van der Waals surface area (Å²) >= 11 is 0. The van der Waals surface area contributed by atoms with Crippen molar-refractivity contribution < 1.29 is 27.5 Å². The van der Waals surface area contributed by atoms with Crippen LogP contribution in [0.4, 0.5) is 6.01 Å². The number of aromatic amines is 1. The maximum atomic E-state index is 13.0. The first-order chi connectivity index (χ1) is 16.9. The van der Waals surface area contributed by atoms with Crippen LogP contribution < -0.4 is 9.46 Å². The van der Waals surface area contributed by atoms with Crippen molar-refractivity contribution in [1.29, 1.82) is 0 Å². The molecule has 2 aromatic heterocycles. The molecule has 35 heavy (non-hydrogen) atoms. The number of hydrogen-bond acceptors (Lipinski definition) is 8. The summed E-state index contributed by atoms with van der Waals surface area (Å²) in [5.74, 6) is -0.689. The van der Waals surface area contributed by atoms with E-state index in [1.165, 1.54) is 19.2 Å². The zero-order valence-electron chi connectivity index (χ0n) is 18.1. The normalized spacial score (nSPS) is 11.5. The number of H-pyrrole nitrogens is 1. The fourth-order valence-corrected chi connectivity index (χ4v) is 4.64. The Morgan fingerprint density at radius 2 is 1.77 bits per heavy atom. The molecule has 0 saturated carbocycles. The van der Waals surface area contributed by atoms with Gasteiger partial charge in [-0.15, -0.1) is 5.10 Å². The van der Waals surface area contributed by atoms with E-state index in [9.17, 15) is 18.3 Å². The van der Waals surface area contributed by atoms with Crippen molar-refractivity contribution in [3.63, 3.8) is 0 Å². The van der Waals surface area contributed by atoms with Gasteiger partial charge >= 0.3 is 12.0 Å². The highest BCUT2D eigenvalue weighted by Crippen LogP contribution is 2.32. The van der Waals surface area contributed by atoms with Crippen molar-refractivity contribution in [3.05, 3.63) is 72.3 Å². The molecule has 3 aromatic carbocycles. The summed E-state index contributed by atoms with van der Waals surface area (Å²) in [6.07, 6.45) is 0. The van der Waals surface area contributed by atoms with Crippen molar-refractivity contribution in [2.24, 2.45) is 0 Å². The van der Waals surface area contributed by atoms with E-state index in [2.05, 4.69) is 24.9 Å². The summed E-state index contributed by atoms with van der Waals surface area (Å²) in [6.45, 7) is 0. The van der Waals surface area contributed by atoms with Crippen molar-refractivity contribution in [2.45, 2.75) is 4.90 Å². The van der Waals surface area contributed by atoms with E-state index in [1.807, 2.05) is 36.4 Å². The van der Waals surface area contributed by atoms with Crippen LogP contribution >= 0.6 is 0 Å². The number of carboxylic acid groups (broad SMARTS) is 1. The Balaban J connectivity index is 1.49. The number of nitrogens with one attached hydrogen (secondary N) is 2. The molecular weight excluding hydrogens is 474 g/mol. The van der Waals surface area contributed by atoms with Crippen molar-refractivity contribution in [2.75, 3.05) is 11.8 Å². The molecule has 12 heteroatoms. The van der Waals surface area contributed by atoms with E-state index in [0.29, 0.717) is 17.0 Å². The fraction of sp³-hybridized carbons (Fsp3) is 0.0435. The number of carbonyl (C=O) groups is 1. The standard InChI is InChI=1S/C23H17N5O6S/c1-33-18-11-10-13(22(29)30)12-19(18)35(31,32)28-23-27-26-21(34-23)15-7-3-2-6-14(15)20-24-16-8-4-5-9-17(16)25-20/h2-12H,1H3,(H,24,25)(H,27,28)(H,29,30). The van der Waals surface area contributed by atoms with Gasteiger partial charge < -0.3 is 19.2 Å². The maximum absolute atomic E-state index is 13.0. The Morgan fingerprint density at radius 3 is 2.51 bits per heavy atom. The van der Waals surface area contributed by atoms with Gasteiger partial charge in [0.05, 0.1) is 23.7 Å². The number of hydrogen-bond donors (Lipinski definition) is 3. The number of aromatic carboxylic acids is 1. The number of ether oxygens (including phenoxy) is 1. The van der Waals surface area contributed by atoms with E-state index >= 15 is 0 Å². The molecule has 0 saturated heterocycles. The lowest BCUT2D eigenvalue weighted by atomic mass is 10.1. The van der Waals surface area contributed by atoms with Crippen LogP contribution in [0, 0.1) is 0 Å². The smallest absolute Gasteiger partial charge is 0.335 e. The van der Waals surface area contributed by atoms with Crippen LogP contribution in [0.3, 0.4) is 0 Å². The van der Waals surface area contributed by atoms with Gasteiger partial charge in [-0.05, 0) is 36.4 Å². The third-order valence-corrected chi connectivity index (χ3v) is 6.49. The van der Waals surface area contributed by atoms with Gasteiger partial charge in [0.2, 0.25) is 0 Å². The second-order valence-corrected chi connectivity index (χ2v) is 8.99. The molecule has 176 valence electrons. The molecule has 0 radical (unpaired) electrons. The Bertz CT molecular complexity index is 1640. The topological polar surface area (TPSA) is 160 Å². The zero-order chi connectivity index (χ0) is 24.6. The molecular formula is C23H17N5O6S. The average molecular weight is 491 g/mol. The van der Waals surface area contributed by atoms with Crippen LogP contribution in [-0.4, -0.2) is 46.8 Å². The average Bonchev–Trinajstić information content (AvgIpc) is 3.50. The second kappa shape index (κ2) is 8.57. The van der Waals surface area contributed by atoms with Crippen LogP contribution in [0.2, 0.25) is 0 Å². The number of benzene rings is 3. The largest absolute Gasteiger partial charge is 0.495 e. The summed E-state index contributed by atoms with van der Waals surface area (Å²) in [4.78, 5) is 18.8. The first kappa shape index (κ1) is 22.1. The number of anilines is 1. The molecule has 0 aliphatic rings. The highest BCUT2D eigenvalue weighted by molar-refractivity contribution is 7.92. The van der Waals surface area contributed by atoms with Crippen molar-refractivity contribution >= 4 is 33.0 Å². The number of carboxylic acids is 1. The lowest BCUT2D eigenvalue weighted by Gasteiger charge is -2.10. The molecule has 2 heterocycles. The highest BCUT2D eigenvalue weighted by Gasteiger charge is 2.25. The molecule has 0 spiro atoms. The predicted octanol–water partition coefficient (Wildman–Crippen LogP) is 3.79. The minimum Gasteiger partial charge on any atom is -0.495 e. The summed E-state index contributed by atoms with van der Waals surface area (Å²) in [6, 6.07) is 17.8. The van der Waals surface area contributed by atoms with Crippen LogP contribution in [-0.2, 0) is 10.0 Å². The summed E-state index contributed by atoms with van der Waals surface area (Å²) < 4.78 is 38.8. The summed E-state index contributed by atoms with van der Waals surface area (Å²) in [7, 11) is -3.04. The first-order valence-corrected chi connectivity index (χ1v) is 11.7. The second-order valence-electron chi connectivity index (χ2n) is 7.34. The number of sulfonamides is 1.